The molecule has 2 nitrogen and oxygen atoms in total. The van der Waals surface area contributed by atoms with Gasteiger partial charge in [-0.3, -0.25) is 4.79 Å². The summed E-state index contributed by atoms with van der Waals surface area (Å²) in [7, 11) is 0. The average molecular weight is 535 g/mol. The van der Waals surface area contributed by atoms with Gasteiger partial charge in [0.1, 0.15) is 0 Å². The molecule has 3 heteroatoms. The van der Waals surface area contributed by atoms with Crippen LogP contribution in [-0.2, 0) is 9.53 Å². The van der Waals surface area contributed by atoms with Crippen molar-refractivity contribution in [3.63, 3.8) is 0 Å². The van der Waals surface area contributed by atoms with Crippen molar-refractivity contribution in [2.45, 2.75) is 112 Å². The summed E-state index contributed by atoms with van der Waals surface area (Å²) in [6, 6.07) is 4.28. The standard InChI is InChI=1S/C35H50O2S/c1-30(2)14-16-35-17-15-33(6)24(27(35)29(30)37-21-35)10-11-26-32(5)20-22(19-23-9-8-18-38-23)28(36)31(3,4)25(32)12-13-34(26,33)7/h8-9,18-19,24-27,29H,10-17,20-21H2,1-7H3. The molecular formula is C35H50O2S. The quantitative estimate of drug-likeness (QED) is 0.336. The van der Waals surface area contributed by atoms with Gasteiger partial charge >= 0.3 is 0 Å². The van der Waals surface area contributed by atoms with Crippen molar-refractivity contribution in [3.8, 4) is 0 Å². The molecule has 1 aliphatic heterocycles. The van der Waals surface area contributed by atoms with Crippen molar-refractivity contribution in [2.24, 2.45) is 56.2 Å². The molecule has 0 N–H and O–H groups in total. The zero-order chi connectivity index (χ0) is 26.9. The average Bonchev–Trinajstić information content (AvgIpc) is 3.47. The number of thiophene rings is 1. The van der Waals surface area contributed by atoms with Gasteiger partial charge in [0, 0.05) is 10.3 Å². The Morgan fingerprint density at radius 2 is 1.66 bits per heavy atom. The molecule has 0 spiro atoms. The number of Topliss-reactive ketones (excluding diaryl/α,β-unsaturated/α-hetero) is 1. The van der Waals surface area contributed by atoms with Crippen LogP contribution in [0.4, 0.5) is 0 Å². The molecule has 0 amide bonds. The number of carbonyl (C=O) groups excluding carboxylic acids is 1. The summed E-state index contributed by atoms with van der Waals surface area (Å²) in [6.45, 7) is 18.6. The van der Waals surface area contributed by atoms with Crippen LogP contribution in [0.5, 0.6) is 0 Å². The van der Waals surface area contributed by atoms with Crippen LogP contribution < -0.4 is 0 Å². The summed E-state index contributed by atoms with van der Waals surface area (Å²) in [5.74, 6) is 3.09. The molecule has 2 heterocycles. The Balaban J connectivity index is 1.29. The Morgan fingerprint density at radius 1 is 0.895 bits per heavy atom. The minimum absolute atomic E-state index is 0.179. The van der Waals surface area contributed by atoms with E-state index < -0.39 is 0 Å². The van der Waals surface area contributed by atoms with Crippen molar-refractivity contribution in [2.75, 3.05) is 6.61 Å². The van der Waals surface area contributed by atoms with Gasteiger partial charge in [-0.25, -0.2) is 0 Å². The number of carbonyl (C=O) groups is 1. The first-order chi connectivity index (χ1) is 17.8. The van der Waals surface area contributed by atoms with Crippen molar-refractivity contribution < 1.29 is 9.53 Å². The third-order valence-corrected chi connectivity index (χ3v) is 15.4. The lowest BCUT2D eigenvalue weighted by molar-refractivity contribution is -0.236. The maximum Gasteiger partial charge on any atom is 0.164 e. The van der Waals surface area contributed by atoms with E-state index in [0.717, 1.165) is 30.4 Å². The Kier molecular flexibility index (Phi) is 5.39. The van der Waals surface area contributed by atoms with Gasteiger partial charge in [-0.1, -0.05) is 54.5 Å². The van der Waals surface area contributed by atoms with Crippen LogP contribution >= 0.6 is 11.3 Å². The molecule has 6 fully saturated rings. The zero-order valence-electron chi connectivity index (χ0n) is 25.0. The number of ether oxygens (including phenoxy) is 1. The van der Waals surface area contributed by atoms with Crippen LogP contribution in [-0.4, -0.2) is 18.5 Å². The summed E-state index contributed by atoms with van der Waals surface area (Å²) < 4.78 is 6.76. The van der Waals surface area contributed by atoms with Crippen LogP contribution in [0.3, 0.4) is 0 Å². The van der Waals surface area contributed by atoms with Crippen LogP contribution in [0.25, 0.3) is 6.08 Å². The van der Waals surface area contributed by atoms with E-state index in [4.69, 9.17) is 4.74 Å². The molecule has 2 bridgehead atoms. The number of hydrogen-bond donors (Lipinski definition) is 0. The zero-order valence-corrected chi connectivity index (χ0v) is 25.8. The first-order valence-electron chi connectivity index (χ1n) is 15.7. The van der Waals surface area contributed by atoms with Gasteiger partial charge in [0.2, 0.25) is 0 Å². The van der Waals surface area contributed by atoms with Gasteiger partial charge < -0.3 is 4.74 Å². The number of rotatable bonds is 1. The molecule has 1 aromatic heterocycles. The second-order valence-corrected chi connectivity index (χ2v) is 17.7. The number of hydrogen-bond acceptors (Lipinski definition) is 3. The van der Waals surface area contributed by atoms with E-state index in [1.54, 1.807) is 11.3 Å². The van der Waals surface area contributed by atoms with Gasteiger partial charge in [0.25, 0.3) is 0 Å². The topological polar surface area (TPSA) is 26.3 Å². The normalized spacial score (nSPS) is 51.6. The molecule has 5 aliphatic carbocycles. The third-order valence-electron chi connectivity index (χ3n) is 14.6. The van der Waals surface area contributed by atoms with E-state index in [1.165, 1.54) is 56.2 Å². The van der Waals surface area contributed by atoms with Gasteiger partial charge in [0.05, 0.1) is 12.7 Å². The summed E-state index contributed by atoms with van der Waals surface area (Å²) in [5.41, 5.74) is 2.43. The third kappa shape index (κ3) is 3.07. The van der Waals surface area contributed by atoms with E-state index in [-0.39, 0.29) is 10.8 Å². The fraction of sp³-hybridized carbons (Fsp3) is 0.800. The SMILES string of the molecule is CC1(C)CCC23CCC4(C)C(CCC5C6(C)CC(=Cc7cccs7)C(=O)C(C)(C)C6CCC54C)C2C1OC3. The van der Waals surface area contributed by atoms with Crippen LogP contribution in [0.1, 0.15) is 111 Å². The molecule has 6 aliphatic rings. The predicted molar refractivity (Wildman–Crippen MR) is 157 cm³/mol. The van der Waals surface area contributed by atoms with E-state index >= 15 is 0 Å². The van der Waals surface area contributed by atoms with Gasteiger partial charge in [-0.2, -0.15) is 0 Å². The summed E-state index contributed by atoms with van der Waals surface area (Å²) in [5, 5.41) is 2.13. The second kappa shape index (κ2) is 7.87. The van der Waals surface area contributed by atoms with Gasteiger partial charge in [0.15, 0.2) is 5.78 Å². The summed E-state index contributed by atoms with van der Waals surface area (Å²) in [4.78, 5) is 15.2. The maximum atomic E-state index is 13.9. The molecule has 7 rings (SSSR count). The lowest BCUT2D eigenvalue weighted by Gasteiger charge is -2.73. The van der Waals surface area contributed by atoms with Crippen LogP contribution in [0, 0.1) is 56.2 Å². The van der Waals surface area contributed by atoms with Crippen molar-refractivity contribution in [1.29, 1.82) is 0 Å². The number of ketones is 1. The van der Waals surface area contributed by atoms with E-state index in [2.05, 4.69) is 72.1 Å². The Morgan fingerprint density at radius 3 is 2.39 bits per heavy atom. The molecule has 1 aromatic rings. The smallest absolute Gasteiger partial charge is 0.164 e. The minimum Gasteiger partial charge on any atom is -0.377 e. The Labute approximate surface area is 235 Å². The van der Waals surface area contributed by atoms with Crippen LogP contribution in [0.2, 0.25) is 0 Å². The fourth-order valence-electron chi connectivity index (χ4n) is 12.5. The van der Waals surface area contributed by atoms with E-state index in [9.17, 15) is 4.79 Å². The molecule has 38 heavy (non-hydrogen) atoms. The largest absolute Gasteiger partial charge is 0.377 e. The minimum atomic E-state index is -0.286. The fourth-order valence-corrected chi connectivity index (χ4v) is 13.2. The first-order valence-corrected chi connectivity index (χ1v) is 16.6. The van der Waals surface area contributed by atoms with Gasteiger partial charge in [-0.15, -0.1) is 11.3 Å². The second-order valence-electron chi connectivity index (χ2n) is 16.7. The van der Waals surface area contributed by atoms with E-state index in [0.29, 0.717) is 45.4 Å². The molecule has 5 saturated carbocycles. The molecule has 0 aromatic carbocycles. The van der Waals surface area contributed by atoms with E-state index in [1.807, 2.05) is 0 Å². The first kappa shape index (κ1) is 26.0. The lowest BCUT2D eigenvalue weighted by Crippen LogP contribution is -2.67. The predicted octanol–water partition coefficient (Wildman–Crippen LogP) is 9.20. The van der Waals surface area contributed by atoms with Crippen LogP contribution in [0.15, 0.2) is 23.1 Å². The lowest BCUT2D eigenvalue weighted by atomic mass is 9.31. The molecule has 208 valence electrons. The molecule has 1 saturated heterocycles. The highest BCUT2D eigenvalue weighted by Crippen LogP contribution is 2.78. The highest BCUT2D eigenvalue weighted by Gasteiger charge is 2.73. The molecular weight excluding hydrogens is 484 g/mol. The molecule has 9 atom stereocenters. The number of allylic oxidation sites excluding steroid dienone is 1. The highest BCUT2D eigenvalue weighted by atomic mass is 32.1. The summed E-state index contributed by atoms with van der Waals surface area (Å²) in [6.07, 6.45) is 14.3. The Hall–Kier alpha value is -0.930. The van der Waals surface area contributed by atoms with Crippen molar-refractivity contribution >= 4 is 23.2 Å². The summed E-state index contributed by atoms with van der Waals surface area (Å²) >= 11 is 1.76. The molecule has 0 radical (unpaired) electrons. The highest BCUT2D eigenvalue weighted by molar-refractivity contribution is 7.10. The monoisotopic (exact) mass is 534 g/mol. The maximum absolute atomic E-state index is 13.9. The van der Waals surface area contributed by atoms with Crippen molar-refractivity contribution in [1.82, 2.24) is 0 Å². The number of fused-ring (bicyclic) bond motifs is 5. The Bertz CT molecular complexity index is 1180. The van der Waals surface area contributed by atoms with Gasteiger partial charge in [-0.05, 0) is 132 Å². The molecule has 9 unspecified atom stereocenters. The van der Waals surface area contributed by atoms with Crippen molar-refractivity contribution in [3.05, 3.63) is 28.0 Å².